The largest absolute Gasteiger partial charge is 0.324 e. The molecule has 4 N–H and O–H groups in total. The molecule has 0 aliphatic heterocycles. The lowest BCUT2D eigenvalue weighted by Crippen LogP contribution is -2.13. The van der Waals surface area contributed by atoms with Gasteiger partial charge in [0.05, 0.1) is 15.1 Å². The summed E-state index contributed by atoms with van der Waals surface area (Å²) < 4.78 is 27.3. The average molecular weight is 343 g/mol. The smallest absolute Gasteiger partial charge is 0.261 e. The third-order valence-electron chi connectivity index (χ3n) is 2.35. The van der Waals surface area contributed by atoms with Gasteiger partial charge in [0.15, 0.2) is 0 Å². The molecule has 1 heterocycles. The second-order valence-corrected chi connectivity index (χ2v) is 6.17. The van der Waals surface area contributed by atoms with Crippen LogP contribution in [0.1, 0.15) is 0 Å². The van der Waals surface area contributed by atoms with Crippen LogP contribution in [0.25, 0.3) is 0 Å². The lowest BCUT2D eigenvalue weighted by molar-refractivity contribution is 0.601. The number of benzene rings is 1. The number of pyridine rings is 1. The predicted octanol–water partition coefficient (Wildman–Crippen LogP) is 1.93. The maximum Gasteiger partial charge on any atom is 0.261 e. The number of nitrogens with zero attached hydrogens (tertiary/aromatic N) is 1. The van der Waals surface area contributed by atoms with E-state index in [-0.39, 0.29) is 4.90 Å². The normalized spacial score (nSPS) is 11.1. The van der Waals surface area contributed by atoms with E-state index in [1.165, 1.54) is 24.5 Å². The summed E-state index contributed by atoms with van der Waals surface area (Å²) in [4.78, 5) is 4.01. The standard InChI is InChI=1S/C11H11BrN4O2S/c12-10-7-14-6-5-11(10)16-19(17,18)9-3-1-8(15-13)2-4-9/h1-7,15H,13H2,(H,14,16). The zero-order valence-corrected chi connectivity index (χ0v) is 12.1. The van der Waals surface area contributed by atoms with Crippen molar-refractivity contribution in [2.45, 2.75) is 4.90 Å². The Bertz CT molecular complexity index is 673. The molecule has 1 aromatic heterocycles. The first-order valence-corrected chi connectivity index (χ1v) is 7.49. The molecule has 0 atom stereocenters. The van der Waals surface area contributed by atoms with Crippen molar-refractivity contribution in [1.82, 2.24) is 4.98 Å². The van der Waals surface area contributed by atoms with E-state index in [1.807, 2.05) is 0 Å². The van der Waals surface area contributed by atoms with Crippen LogP contribution in [0.2, 0.25) is 0 Å². The number of hydrogen-bond donors (Lipinski definition) is 3. The van der Waals surface area contributed by atoms with Crippen LogP contribution in [-0.4, -0.2) is 13.4 Å². The van der Waals surface area contributed by atoms with E-state index in [1.54, 1.807) is 18.2 Å². The third kappa shape index (κ3) is 3.22. The molecule has 0 amide bonds. The lowest BCUT2D eigenvalue weighted by atomic mass is 10.3. The second-order valence-electron chi connectivity index (χ2n) is 3.63. The number of aromatic nitrogens is 1. The predicted molar refractivity (Wildman–Crippen MR) is 77.0 cm³/mol. The Morgan fingerprint density at radius 1 is 1.16 bits per heavy atom. The molecule has 0 unspecified atom stereocenters. The number of nitrogens with two attached hydrogens (primary N) is 1. The molecule has 0 saturated carbocycles. The van der Waals surface area contributed by atoms with E-state index in [2.05, 4.69) is 31.1 Å². The van der Waals surface area contributed by atoms with E-state index in [0.29, 0.717) is 15.8 Å². The molecule has 0 aliphatic rings. The van der Waals surface area contributed by atoms with Gasteiger partial charge in [0.25, 0.3) is 10.0 Å². The first kappa shape index (κ1) is 13.8. The minimum atomic E-state index is -3.64. The summed E-state index contributed by atoms with van der Waals surface area (Å²) in [5.74, 6) is 5.22. The highest BCUT2D eigenvalue weighted by atomic mass is 79.9. The maximum absolute atomic E-state index is 12.1. The summed E-state index contributed by atoms with van der Waals surface area (Å²) in [6.45, 7) is 0. The number of anilines is 2. The van der Waals surface area contributed by atoms with Crippen LogP contribution in [-0.2, 0) is 10.0 Å². The van der Waals surface area contributed by atoms with Gasteiger partial charge in [-0.05, 0) is 46.3 Å². The summed E-state index contributed by atoms with van der Waals surface area (Å²) in [7, 11) is -3.64. The first-order chi connectivity index (χ1) is 9.03. The highest BCUT2D eigenvalue weighted by molar-refractivity contribution is 9.10. The first-order valence-electron chi connectivity index (χ1n) is 5.22. The second kappa shape index (κ2) is 5.55. The molecule has 0 radical (unpaired) electrons. The zero-order valence-electron chi connectivity index (χ0n) is 9.67. The minimum Gasteiger partial charge on any atom is -0.324 e. The summed E-state index contributed by atoms with van der Waals surface area (Å²) >= 11 is 3.23. The van der Waals surface area contributed by atoms with E-state index in [0.717, 1.165) is 0 Å². The molecule has 0 bridgehead atoms. The summed E-state index contributed by atoms with van der Waals surface area (Å²) in [5, 5.41) is 0. The van der Waals surface area contributed by atoms with E-state index < -0.39 is 10.0 Å². The van der Waals surface area contributed by atoms with Gasteiger partial charge < -0.3 is 5.43 Å². The lowest BCUT2D eigenvalue weighted by Gasteiger charge is -2.09. The van der Waals surface area contributed by atoms with Gasteiger partial charge in [0, 0.05) is 18.1 Å². The van der Waals surface area contributed by atoms with Crippen LogP contribution in [0, 0.1) is 0 Å². The number of nitrogen functional groups attached to an aromatic ring is 1. The van der Waals surface area contributed by atoms with Crippen LogP contribution >= 0.6 is 15.9 Å². The summed E-state index contributed by atoms with van der Waals surface area (Å²) in [6, 6.07) is 7.66. The Balaban J connectivity index is 2.30. The molecule has 100 valence electrons. The SMILES string of the molecule is NNc1ccc(S(=O)(=O)Nc2ccncc2Br)cc1. The highest BCUT2D eigenvalue weighted by Gasteiger charge is 2.15. The van der Waals surface area contributed by atoms with E-state index in [4.69, 9.17) is 5.84 Å². The molecule has 8 heteroatoms. The van der Waals surface area contributed by atoms with Gasteiger partial charge in [-0.1, -0.05) is 0 Å². The third-order valence-corrected chi connectivity index (χ3v) is 4.36. The topological polar surface area (TPSA) is 97.1 Å². The fourth-order valence-electron chi connectivity index (χ4n) is 1.39. The van der Waals surface area contributed by atoms with E-state index >= 15 is 0 Å². The quantitative estimate of drug-likeness (QED) is 0.582. The van der Waals surface area contributed by atoms with Gasteiger partial charge in [-0.15, -0.1) is 0 Å². The van der Waals surface area contributed by atoms with Gasteiger partial charge in [0.2, 0.25) is 0 Å². The Labute approximate surface area is 119 Å². The van der Waals surface area contributed by atoms with Crippen molar-refractivity contribution >= 4 is 37.3 Å². The monoisotopic (exact) mass is 342 g/mol. The molecule has 2 aromatic rings. The number of hydrazine groups is 1. The van der Waals surface area contributed by atoms with Gasteiger partial charge in [-0.3, -0.25) is 15.5 Å². The van der Waals surface area contributed by atoms with Crippen LogP contribution in [0.15, 0.2) is 52.1 Å². The molecular formula is C11H11BrN4O2S. The molecule has 19 heavy (non-hydrogen) atoms. The fraction of sp³-hybridized carbons (Fsp3) is 0. The van der Waals surface area contributed by atoms with Crippen molar-refractivity contribution in [2.24, 2.45) is 5.84 Å². The van der Waals surface area contributed by atoms with Crippen LogP contribution in [0.5, 0.6) is 0 Å². The summed E-state index contributed by atoms with van der Waals surface area (Å²) in [5.41, 5.74) is 3.49. The van der Waals surface area contributed by atoms with Crippen molar-refractivity contribution in [3.8, 4) is 0 Å². The Morgan fingerprint density at radius 3 is 2.42 bits per heavy atom. The van der Waals surface area contributed by atoms with E-state index in [9.17, 15) is 8.42 Å². The van der Waals surface area contributed by atoms with Crippen molar-refractivity contribution in [3.05, 3.63) is 47.2 Å². The van der Waals surface area contributed by atoms with Crippen LogP contribution in [0.3, 0.4) is 0 Å². The summed E-state index contributed by atoms with van der Waals surface area (Å²) in [6.07, 6.45) is 3.02. The van der Waals surface area contributed by atoms with Crippen LogP contribution in [0.4, 0.5) is 11.4 Å². The minimum absolute atomic E-state index is 0.148. The maximum atomic E-state index is 12.1. The fourth-order valence-corrected chi connectivity index (χ4v) is 2.95. The van der Waals surface area contributed by atoms with Gasteiger partial charge in [0.1, 0.15) is 0 Å². The highest BCUT2D eigenvalue weighted by Crippen LogP contribution is 2.23. The van der Waals surface area contributed by atoms with Gasteiger partial charge in [-0.2, -0.15) is 0 Å². The Kier molecular flexibility index (Phi) is 4.03. The molecular weight excluding hydrogens is 332 g/mol. The zero-order chi connectivity index (χ0) is 13.9. The molecule has 0 spiro atoms. The molecule has 1 aromatic carbocycles. The van der Waals surface area contributed by atoms with Crippen molar-refractivity contribution in [3.63, 3.8) is 0 Å². The molecule has 2 rings (SSSR count). The van der Waals surface area contributed by atoms with Crippen LogP contribution < -0.4 is 16.0 Å². The van der Waals surface area contributed by atoms with Gasteiger partial charge >= 0.3 is 0 Å². The average Bonchev–Trinajstić information content (AvgIpc) is 2.41. The Hall–Kier alpha value is -1.64. The molecule has 0 fully saturated rings. The van der Waals surface area contributed by atoms with Crippen molar-refractivity contribution in [1.29, 1.82) is 0 Å². The van der Waals surface area contributed by atoms with Crippen molar-refractivity contribution < 1.29 is 8.42 Å². The molecule has 0 aliphatic carbocycles. The number of sulfonamides is 1. The van der Waals surface area contributed by atoms with Gasteiger partial charge in [-0.25, -0.2) is 8.42 Å². The number of nitrogens with one attached hydrogen (secondary N) is 2. The number of halogens is 1. The Morgan fingerprint density at radius 2 is 1.84 bits per heavy atom. The number of hydrogen-bond acceptors (Lipinski definition) is 5. The van der Waals surface area contributed by atoms with Crippen molar-refractivity contribution in [2.75, 3.05) is 10.1 Å². The molecule has 0 saturated heterocycles. The molecule has 6 nitrogen and oxygen atoms in total. The number of rotatable bonds is 4.